The summed E-state index contributed by atoms with van der Waals surface area (Å²) in [5.41, 5.74) is 0.750. The first-order valence-corrected chi connectivity index (χ1v) is 13.4. The van der Waals surface area contributed by atoms with Gasteiger partial charge in [0.05, 0.1) is 18.4 Å². The van der Waals surface area contributed by atoms with Gasteiger partial charge in [0, 0.05) is 18.2 Å². The Hall–Kier alpha value is -3.90. The molecule has 38 heavy (non-hydrogen) atoms. The molecule has 1 aromatic carbocycles. The fraction of sp³-hybridized carbons (Fsp3) is 0.308. The highest BCUT2D eigenvalue weighted by atomic mass is 32.2. The van der Waals surface area contributed by atoms with Crippen LogP contribution in [-0.2, 0) is 21.5 Å². The molecule has 0 atom stereocenters. The minimum Gasteiger partial charge on any atom is -0.437 e. The number of carbonyl (C=O) groups is 2. The number of hydrogen-bond donors (Lipinski definition) is 3. The molecule has 1 aliphatic rings. The normalized spacial score (nSPS) is 17.4. The van der Waals surface area contributed by atoms with Crippen LogP contribution >= 0.6 is 0 Å². The molecule has 3 aromatic rings. The van der Waals surface area contributed by atoms with Crippen molar-refractivity contribution in [1.29, 1.82) is 0 Å². The first-order valence-electron chi connectivity index (χ1n) is 12.0. The summed E-state index contributed by atoms with van der Waals surface area (Å²) in [5, 5.41) is 5.72. The molecule has 0 bridgehead atoms. The maximum absolute atomic E-state index is 14.0. The van der Waals surface area contributed by atoms with E-state index in [9.17, 15) is 27.0 Å². The fourth-order valence-electron chi connectivity index (χ4n) is 4.40. The van der Waals surface area contributed by atoms with Crippen molar-refractivity contribution in [2.45, 2.75) is 50.1 Å². The summed E-state index contributed by atoms with van der Waals surface area (Å²) in [6.07, 6.45) is 4.70. The topological polar surface area (TPSA) is 148 Å². The van der Waals surface area contributed by atoms with Gasteiger partial charge in [-0.25, -0.2) is 9.37 Å². The molecule has 1 fully saturated rings. The smallest absolute Gasteiger partial charge is 0.298 e. The average Bonchev–Trinajstić information content (AvgIpc) is 2.88. The van der Waals surface area contributed by atoms with Crippen molar-refractivity contribution in [2.24, 2.45) is 5.92 Å². The summed E-state index contributed by atoms with van der Waals surface area (Å²) in [7, 11) is -4.64. The predicted molar refractivity (Wildman–Crippen MR) is 135 cm³/mol. The van der Waals surface area contributed by atoms with E-state index in [0.717, 1.165) is 18.0 Å². The number of halogens is 1. The molecule has 0 saturated heterocycles. The Balaban J connectivity index is 1.40. The summed E-state index contributed by atoms with van der Waals surface area (Å²) < 4.78 is 53.0. The Morgan fingerprint density at radius 2 is 1.87 bits per heavy atom. The number of nitrogens with one attached hydrogen (secondary N) is 2. The summed E-state index contributed by atoms with van der Waals surface area (Å²) in [4.78, 5) is 33.1. The van der Waals surface area contributed by atoms with Crippen molar-refractivity contribution in [1.82, 2.24) is 20.6 Å². The van der Waals surface area contributed by atoms with Crippen LogP contribution in [0, 0.1) is 18.7 Å². The van der Waals surface area contributed by atoms with Crippen molar-refractivity contribution in [3.05, 3.63) is 77.5 Å². The molecule has 0 spiro atoms. The molecule has 2 amide bonds. The van der Waals surface area contributed by atoms with E-state index in [4.69, 9.17) is 4.74 Å². The van der Waals surface area contributed by atoms with Crippen LogP contribution in [0.25, 0.3) is 0 Å². The average molecular weight is 543 g/mol. The van der Waals surface area contributed by atoms with E-state index in [-0.39, 0.29) is 40.6 Å². The minimum absolute atomic E-state index is 0.0711. The highest BCUT2D eigenvalue weighted by Crippen LogP contribution is 2.32. The number of carbonyl (C=O) groups excluding carboxylic acids is 2. The van der Waals surface area contributed by atoms with Gasteiger partial charge in [-0.2, -0.15) is 8.42 Å². The van der Waals surface area contributed by atoms with Crippen molar-refractivity contribution in [2.75, 3.05) is 0 Å². The van der Waals surface area contributed by atoms with Crippen LogP contribution in [0.5, 0.6) is 11.6 Å². The van der Waals surface area contributed by atoms with Crippen LogP contribution in [0.15, 0.2) is 59.8 Å². The van der Waals surface area contributed by atoms with E-state index >= 15 is 0 Å². The molecule has 3 N–H and O–H groups in total. The summed E-state index contributed by atoms with van der Waals surface area (Å²) in [6, 6.07) is 10.4. The molecule has 2 aromatic heterocycles. The number of aryl methyl sites for hydroxylation is 1. The molecule has 200 valence electrons. The Kier molecular flexibility index (Phi) is 8.32. The Labute approximate surface area is 219 Å². The van der Waals surface area contributed by atoms with E-state index < -0.39 is 26.7 Å². The molecule has 1 saturated carbocycles. The number of amides is 2. The van der Waals surface area contributed by atoms with Crippen LogP contribution in [0.4, 0.5) is 4.39 Å². The SMILES string of the molecule is Cc1cccc(Oc2ncc(F)cc2C(=O)N[C@H]2CC[C@@H](C(=O)NCc3ccccn3)CC2)c1S(=O)(=O)O. The Bertz CT molecular complexity index is 1430. The van der Waals surface area contributed by atoms with Gasteiger partial charge < -0.3 is 15.4 Å². The monoisotopic (exact) mass is 542 g/mol. The largest absolute Gasteiger partial charge is 0.437 e. The summed E-state index contributed by atoms with van der Waals surface area (Å²) in [5.74, 6) is -2.27. The van der Waals surface area contributed by atoms with E-state index in [1.54, 1.807) is 12.3 Å². The first kappa shape index (κ1) is 27.1. The van der Waals surface area contributed by atoms with Crippen molar-refractivity contribution in [3.63, 3.8) is 0 Å². The Morgan fingerprint density at radius 3 is 2.55 bits per heavy atom. The van der Waals surface area contributed by atoms with Gasteiger partial charge in [0.2, 0.25) is 11.8 Å². The lowest BCUT2D eigenvalue weighted by atomic mass is 9.85. The number of aromatic nitrogens is 2. The second-order valence-corrected chi connectivity index (χ2v) is 10.4. The molecule has 2 heterocycles. The fourth-order valence-corrected chi connectivity index (χ4v) is 5.24. The van der Waals surface area contributed by atoms with Crippen LogP contribution < -0.4 is 15.4 Å². The molecule has 0 aliphatic heterocycles. The van der Waals surface area contributed by atoms with Crippen LogP contribution in [0.3, 0.4) is 0 Å². The van der Waals surface area contributed by atoms with Gasteiger partial charge in [0.1, 0.15) is 16.3 Å². The molecule has 0 radical (unpaired) electrons. The maximum Gasteiger partial charge on any atom is 0.298 e. The van der Waals surface area contributed by atoms with Crippen LogP contribution in [0.2, 0.25) is 0 Å². The number of nitrogens with zero attached hydrogens (tertiary/aromatic N) is 2. The van der Waals surface area contributed by atoms with Crippen molar-refractivity contribution in [3.8, 4) is 11.6 Å². The van der Waals surface area contributed by atoms with E-state index in [1.165, 1.54) is 25.1 Å². The number of benzene rings is 1. The molecule has 1 aliphatic carbocycles. The predicted octanol–water partition coefficient (Wildman–Crippen LogP) is 3.57. The minimum atomic E-state index is -4.64. The first-order chi connectivity index (χ1) is 18.1. The van der Waals surface area contributed by atoms with Gasteiger partial charge in [0.15, 0.2) is 5.75 Å². The third-order valence-electron chi connectivity index (χ3n) is 6.31. The molecule has 4 rings (SSSR count). The van der Waals surface area contributed by atoms with Gasteiger partial charge in [-0.15, -0.1) is 0 Å². The molecule has 12 heteroatoms. The lowest BCUT2D eigenvalue weighted by molar-refractivity contribution is -0.126. The highest BCUT2D eigenvalue weighted by molar-refractivity contribution is 7.86. The van der Waals surface area contributed by atoms with Crippen LogP contribution in [-0.4, -0.2) is 40.8 Å². The maximum atomic E-state index is 14.0. The zero-order chi connectivity index (χ0) is 27.3. The van der Waals surface area contributed by atoms with E-state index in [1.807, 2.05) is 12.1 Å². The number of pyridine rings is 2. The molecular weight excluding hydrogens is 515 g/mol. The van der Waals surface area contributed by atoms with Gasteiger partial charge in [-0.1, -0.05) is 18.2 Å². The van der Waals surface area contributed by atoms with Crippen molar-refractivity contribution >= 4 is 21.9 Å². The van der Waals surface area contributed by atoms with Crippen LogP contribution in [0.1, 0.15) is 47.3 Å². The molecule has 10 nitrogen and oxygen atoms in total. The van der Waals surface area contributed by atoms with Gasteiger partial charge in [0.25, 0.3) is 16.0 Å². The quantitative estimate of drug-likeness (QED) is 0.366. The van der Waals surface area contributed by atoms with Gasteiger partial charge in [-0.05, 0) is 62.4 Å². The van der Waals surface area contributed by atoms with E-state index in [0.29, 0.717) is 32.2 Å². The number of rotatable bonds is 8. The lowest BCUT2D eigenvalue weighted by Crippen LogP contribution is -2.41. The lowest BCUT2D eigenvalue weighted by Gasteiger charge is -2.28. The van der Waals surface area contributed by atoms with Gasteiger partial charge >= 0.3 is 0 Å². The van der Waals surface area contributed by atoms with Crippen molar-refractivity contribution < 1.29 is 31.7 Å². The highest BCUT2D eigenvalue weighted by Gasteiger charge is 2.29. The standard InChI is InChI=1S/C26H27FN4O6S/c1-16-5-4-7-22(23(16)38(34,35)36)37-26-21(13-18(27)14-30-26)25(33)31-19-10-8-17(9-11-19)24(32)29-15-20-6-2-3-12-28-20/h2-7,12-14,17,19H,8-11,15H2,1H3,(H,29,32)(H,31,33)(H,34,35,36)/t17-,19+. The molecular formula is C26H27FN4O6S. The number of hydrogen-bond acceptors (Lipinski definition) is 7. The summed E-state index contributed by atoms with van der Waals surface area (Å²) >= 11 is 0. The van der Waals surface area contributed by atoms with E-state index in [2.05, 4.69) is 20.6 Å². The molecule has 0 unspecified atom stereocenters. The summed E-state index contributed by atoms with van der Waals surface area (Å²) in [6.45, 7) is 1.81. The number of ether oxygens (including phenoxy) is 1. The Morgan fingerprint density at radius 1 is 1.11 bits per heavy atom. The zero-order valence-corrected chi connectivity index (χ0v) is 21.4. The second-order valence-electron chi connectivity index (χ2n) is 9.05. The zero-order valence-electron chi connectivity index (χ0n) is 20.6. The second kappa shape index (κ2) is 11.7. The third-order valence-corrected chi connectivity index (χ3v) is 7.34. The van der Waals surface area contributed by atoms with Gasteiger partial charge in [-0.3, -0.25) is 19.1 Å². The third kappa shape index (κ3) is 6.69.